The minimum absolute atomic E-state index is 0.0424. The number of carbonyl (C=O) groups excluding carboxylic acids is 1. The van der Waals surface area contributed by atoms with Crippen LogP contribution in [0.5, 0.6) is 0 Å². The van der Waals surface area contributed by atoms with Crippen LogP contribution in [-0.4, -0.2) is 28.1 Å². The zero-order valence-electron chi connectivity index (χ0n) is 10.4. The summed E-state index contributed by atoms with van der Waals surface area (Å²) in [7, 11) is 0. The average Bonchev–Trinajstić information content (AvgIpc) is 2.28. The lowest BCUT2D eigenvalue weighted by Crippen LogP contribution is -2.42. The zero-order chi connectivity index (χ0) is 13.5. The number of nitrogens with zero attached hydrogens (tertiary/aromatic N) is 1. The van der Waals surface area contributed by atoms with E-state index in [9.17, 15) is 9.59 Å². The number of aromatic nitrogens is 1. The van der Waals surface area contributed by atoms with Gasteiger partial charge in [0.2, 0.25) is 0 Å². The van der Waals surface area contributed by atoms with Gasteiger partial charge in [0.1, 0.15) is 0 Å². The molecule has 18 heavy (non-hydrogen) atoms. The summed E-state index contributed by atoms with van der Waals surface area (Å²) < 4.78 is 0. The second-order valence-electron chi connectivity index (χ2n) is 4.29. The Kier molecular flexibility index (Phi) is 5.10. The molecule has 0 bridgehead atoms. The monoisotopic (exact) mass is 251 g/mol. The third-order valence-corrected chi connectivity index (χ3v) is 2.44. The minimum atomic E-state index is -0.935. The van der Waals surface area contributed by atoms with Crippen molar-refractivity contribution < 1.29 is 14.7 Å². The molecule has 1 aromatic heterocycles. The van der Waals surface area contributed by atoms with Crippen molar-refractivity contribution in [3.63, 3.8) is 0 Å². The average molecular weight is 251 g/mol. The van der Waals surface area contributed by atoms with E-state index < -0.39 is 18.0 Å². The predicted molar refractivity (Wildman–Crippen MR) is 67.3 cm³/mol. The van der Waals surface area contributed by atoms with Crippen molar-refractivity contribution in [1.29, 1.82) is 0 Å². The molecule has 0 aliphatic rings. The van der Waals surface area contributed by atoms with Crippen molar-refractivity contribution in [2.75, 3.05) is 5.32 Å². The molecule has 6 nitrogen and oxygen atoms in total. The molecular weight excluding hydrogens is 234 g/mol. The van der Waals surface area contributed by atoms with Gasteiger partial charge in [0.25, 0.3) is 0 Å². The first-order chi connectivity index (χ1) is 8.49. The van der Waals surface area contributed by atoms with E-state index in [-0.39, 0.29) is 12.3 Å². The molecule has 1 aromatic rings. The Balaban J connectivity index is 2.54. The van der Waals surface area contributed by atoms with Crippen molar-refractivity contribution in [3.05, 3.63) is 24.5 Å². The lowest BCUT2D eigenvalue weighted by molar-refractivity contribution is -0.137. The van der Waals surface area contributed by atoms with E-state index in [0.717, 1.165) is 0 Å². The highest BCUT2D eigenvalue weighted by Gasteiger charge is 2.19. The molecular formula is C12H17N3O3. The maximum absolute atomic E-state index is 11.7. The molecule has 0 fully saturated rings. The summed E-state index contributed by atoms with van der Waals surface area (Å²) in [5.74, 6) is -0.892. The Labute approximate surface area is 105 Å². The van der Waals surface area contributed by atoms with Gasteiger partial charge in [0.15, 0.2) is 0 Å². The number of hydrogen-bond donors (Lipinski definition) is 3. The first-order valence-corrected chi connectivity index (χ1v) is 5.68. The van der Waals surface area contributed by atoms with E-state index in [0.29, 0.717) is 5.69 Å². The SMILES string of the molecule is CC(C)C(CC(=O)O)NC(=O)Nc1cccnc1. The molecule has 0 aliphatic carbocycles. The number of aliphatic carboxylic acids is 1. The first kappa shape index (κ1) is 14.0. The fourth-order valence-electron chi connectivity index (χ4n) is 1.41. The van der Waals surface area contributed by atoms with Gasteiger partial charge in [0.05, 0.1) is 18.3 Å². The molecule has 0 aromatic carbocycles. The van der Waals surface area contributed by atoms with Crippen molar-refractivity contribution >= 4 is 17.7 Å². The predicted octanol–water partition coefficient (Wildman–Crippen LogP) is 1.70. The second kappa shape index (κ2) is 6.58. The smallest absolute Gasteiger partial charge is 0.319 e. The van der Waals surface area contributed by atoms with Gasteiger partial charge in [-0.25, -0.2) is 4.79 Å². The molecule has 1 rings (SSSR count). The first-order valence-electron chi connectivity index (χ1n) is 5.68. The Bertz CT molecular complexity index is 406. The van der Waals surface area contributed by atoms with Crippen molar-refractivity contribution in [1.82, 2.24) is 10.3 Å². The third kappa shape index (κ3) is 4.82. The van der Waals surface area contributed by atoms with Gasteiger partial charge in [-0.05, 0) is 18.1 Å². The molecule has 6 heteroatoms. The summed E-state index contributed by atoms with van der Waals surface area (Å²) in [4.78, 5) is 26.2. The molecule has 0 radical (unpaired) electrons. The number of carbonyl (C=O) groups is 2. The fraction of sp³-hybridized carbons (Fsp3) is 0.417. The maximum atomic E-state index is 11.7. The molecule has 3 N–H and O–H groups in total. The van der Waals surface area contributed by atoms with Gasteiger partial charge in [-0.15, -0.1) is 0 Å². The van der Waals surface area contributed by atoms with Crippen LogP contribution in [0.15, 0.2) is 24.5 Å². The number of urea groups is 1. The highest BCUT2D eigenvalue weighted by Crippen LogP contribution is 2.07. The van der Waals surface area contributed by atoms with Gasteiger partial charge >= 0.3 is 12.0 Å². The number of carboxylic acids is 1. The van der Waals surface area contributed by atoms with E-state index in [1.165, 1.54) is 6.20 Å². The van der Waals surface area contributed by atoms with Crippen LogP contribution in [0.3, 0.4) is 0 Å². The largest absolute Gasteiger partial charge is 0.481 e. The lowest BCUT2D eigenvalue weighted by atomic mass is 10.0. The number of anilines is 1. The van der Waals surface area contributed by atoms with E-state index in [2.05, 4.69) is 15.6 Å². The quantitative estimate of drug-likeness (QED) is 0.742. The van der Waals surface area contributed by atoms with Crippen molar-refractivity contribution in [3.8, 4) is 0 Å². The van der Waals surface area contributed by atoms with E-state index in [1.54, 1.807) is 18.3 Å². The van der Waals surface area contributed by atoms with E-state index in [4.69, 9.17) is 5.11 Å². The van der Waals surface area contributed by atoms with Crippen LogP contribution in [0.25, 0.3) is 0 Å². The molecule has 98 valence electrons. The summed E-state index contributed by atoms with van der Waals surface area (Å²) >= 11 is 0. The van der Waals surface area contributed by atoms with Crippen LogP contribution in [-0.2, 0) is 4.79 Å². The zero-order valence-corrected chi connectivity index (χ0v) is 10.4. The summed E-state index contributed by atoms with van der Waals surface area (Å²) in [6, 6.07) is 2.57. The molecule has 0 aliphatic heterocycles. The fourth-order valence-corrected chi connectivity index (χ4v) is 1.41. The Hall–Kier alpha value is -2.11. The van der Waals surface area contributed by atoms with Gasteiger partial charge in [-0.3, -0.25) is 9.78 Å². The number of carboxylic acid groups (broad SMARTS) is 1. The number of nitrogens with one attached hydrogen (secondary N) is 2. The number of rotatable bonds is 5. The van der Waals surface area contributed by atoms with Gasteiger partial charge in [-0.1, -0.05) is 13.8 Å². The molecule has 1 heterocycles. The molecule has 0 saturated heterocycles. The van der Waals surface area contributed by atoms with Crippen LogP contribution in [0.4, 0.5) is 10.5 Å². The number of hydrogen-bond acceptors (Lipinski definition) is 3. The highest BCUT2D eigenvalue weighted by molar-refractivity contribution is 5.89. The molecule has 1 atom stereocenters. The lowest BCUT2D eigenvalue weighted by Gasteiger charge is -2.20. The van der Waals surface area contributed by atoms with Crippen LogP contribution >= 0.6 is 0 Å². The Morgan fingerprint density at radius 3 is 2.67 bits per heavy atom. The van der Waals surface area contributed by atoms with E-state index >= 15 is 0 Å². The third-order valence-electron chi connectivity index (χ3n) is 2.44. The molecule has 0 saturated carbocycles. The second-order valence-corrected chi connectivity index (χ2v) is 4.29. The summed E-state index contributed by atoms with van der Waals surface area (Å²) in [6.45, 7) is 3.72. The summed E-state index contributed by atoms with van der Waals surface area (Å²) in [5.41, 5.74) is 0.563. The summed E-state index contributed by atoms with van der Waals surface area (Å²) in [5, 5.41) is 14.0. The van der Waals surface area contributed by atoms with Gasteiger partial charge < -0.3 is 15.7 Å². The summed E-state index contributed by atoms with van der Waals surface area (Å²) in [6.07, 6.45) is 3.02. The Morgan fingerprint density at radius 1 is 1.44 bits per heavy atom. The van der Waals surface area contributed by atoms with Crippen molar-refractivity contribution in [2.45, 2.75) is 26.3 Å². The normalized spacial score (nSPS) is 11.9. The van der Waals surface area contributed by atoms with Gasteiger partial charge in [-0.2, -0.15) is 0 Å². The molecule has 0 spiro atoms. The maximum Gasteiger partial charge on any atom is 0.319 e. The number of pyridine rings is 1. The van der Waals surface area contributed by atoms with Crippen LogP contribution in [0.2, 0.25) is 0 Å². The van der Waals surface area contributed by atoms with Crippen LogP contribution < -0.4 is 10.6 Å². The minimum Gasteiger partial charge on any atom is -0.481 e. The number of amides is 2. The molecule has 2 amide bonds. The van der Waals surface area contributed by atoms with Crippen LogP contribution in [0.1, 0.15) is 20.3 Å². The van der Waals surface area contributed by atoms with Crippen LogP contribution in [0, 0.1) is 5.92 Å². The van der Waals surface area contributed by atoms with Crippen molar-refractivity contribution in [2.24, 2.45) is 5.92 Å². The Morgan fingerprint density at radius 2 is 2.17 bits per heavy atom. The highest BCUT2D eigenvalue weighted by atomic mass is 16.4. The topological polar surface area (TPSA) is 91.3 Å². The van der Waals surface area contributed by atoms with Gasteiger partial charge in [0, 0.05) is 12.2 Å². The standard InChI is InChI=1S/C12H17N3O3/c1-8(2)10(6-11(16)17)15-12(18)14-9-4-3-5-13-7-9/h3-5,7-8,10H,6H2,1-2H3,(H,16,17)(H2,14,15,18). The molecule has 1 unspecified atom stereocenters. The van der Waals surface area contributed by atoms with E-state index in [1.807, 2.05) is 13.8 Å².